The summed E-state index contributed by atoms with van der Waals surface area (Å²) in [4.78, 5) is 0. The van der Waals surface area contributed by atoms with Crippen LogP contribution in [0.2, 0.25) is 0 Å². The van der Waals surface area contributed by atoms with Gasteiger partial charge in [-0.25, -0.2) is 0 Å². The molecule has 1 unspecified atom stereocenters. The Balaban J connectivity index is 2.40. The van der Waals surface area contributed by atoms with E-state index in [1.54, 1.807) is 0 Å². The molecule has 0 saturated heterocycles. The first-order chi connectivity index (χ1) is 7.79. The smallest absolute Gasteiger partial charge is 0.0319 e. The molecular formula is C14H15P. The van der Waals surface area contributed by atoms with Gasteiger partial charge < -0.3 is 0 Å². The van der Waals surface area contributed by atoms with E-state index in [9.17, 15) is 0 Å². The van der Waals surface area contributed by atoms with Crippen LogP contribution in [-0.4, -0.2) is 6.14 Å². The summed E-state index contributed by atoms with van der Waals surface area (Å²) in [7, 11) is -0.543. The minimum absolute atomic E-state index is 0.0696. The van der Waals surface area contributed by atoms with Crippen LogP contribution in [0.1, 0.15) is 8.29 Å². The van der Waals surface area contributed by atoms with Gasteiger partial charge in [0.05, 0.1) is 0 Å². The Hall–Kier alpha value is -1.13. The molecule has 1 heteroatoms. The Bertz CT molecular complexity index is 386. The van der Waals surface area contributed by atoms with Crippen molar-refractivity contribution < 1.29 is 1.37 Å². The van der Waals surface area contributed by atoms with Crippen molar-refractivity contribution in [3.05, 3.63) is 60.7 Å². The van der Waals surface area contributed by atoms with E-state index in [0.717, 1.165) is 0 Å². The number of rotatable bonds is 3. The first-order valence-electron chi connectivity index (χ1n) is 5.68. The molecule has 0 spiro atoms. The quantitative estimate of drug-likeness (QED) is 0.690. The molecule has 2 aromatic carbocycles. The lowest BCUT2D eigenvalue weighted by atomic mass is 10.4. The molecule has 15 heavy (non-hydrogen) atoms. The molecule has 0 saturated carbocycles. The highest BCUT2D eigenvalue weighted by atomic mass is 31.1. The standard InChI is InChI=1S/C14H15P/c1-2-15(13-9-5-3-6-10-13)14-11-7-4-8-12-14/h3-12H,2H2,1H3/i2D. The predicted octanol–water partition coefficient (Wildman–Crippen LogP) is 3.14. The topological polar surface area (TPSA) is 0 Å². The van der Waals surface area contributed by atoms with Crippen molar-refractivity contribution in [3.8, 4) is 0 Å². The molecule has 0 aliphatic heterocycles. The number of benzene rings is 2. The van der Waals surface area contributed by atoms with Crippen LogP contribution in [0.3, 0.4) is 0 Å². The predicted molar refractivity (Wildman–Crippen MR) is 69.6 cm³/mol. The zero-order valence-electron chi connectivity index (χ0n) is 9.80. The second-order valence-corrected chi connectivity index (χ2v) is 5.59. The van der Waals surface area contributed by atoms with E-state index in [4.69, 9.17) is 1.37 Å². The molecule has 2 aromatic rings. The van der Waals surface area contributed by atoms with Crippen LogP contribution in [0.25, 0.3) is 0 Å². The molecule has 0 amide bonds. The molecule has 0 N–H and O–H groups in total. The summed E-state index contributed by atoms with van der Waals surface area (Å²) in [6.07, 6.45) is -0.0696. The Morgan fingerprint density at radius 1 is 0.867 bits per heavy atom. The third-order valence-corrected chi connectivity index (χ3v) is 4.55. The summed E-state index contributed by atoms with van der Waals surface area (Å²) in [5.41, 5.74) is 0. The van der Waals surface area contributed by atoms with Crippen molar-refractivity contribution in [2.75, 3.05) is 6.14 Å². The fraction of sp³-hybridized carbons (Fsp3) is 0.143. The summed E-state index contributed by atoms with van der Waals surface area (Å²) >= 11 is 0. The van der Waals surface area contributed by atoms with Crippen molar-refractivity contribution >= 4 is 18.5 Å². The van der Waals surface area contributed by atoms with Crippen LogP contribution in [0.5, 0.6) is 0 Å². The second-order valence-electron chi connectivity index (χ2n) is 3.30. The molecule has 0 bridgehead atoms. The molecule has 0 nitrogen and oxygen atoms in total. The molecule has 0 aromatic heterocycles. The average Bonchev–Trinajstić information content (AvgIpc) is 2.31. The maximum Gasteiger partial charge on any atom is 0.0319 e. The SMILES string of the molecule is [2H]C(C)P(c1ccccc1)c1ccccc1. The van der Waals surface area contributed by atoms with Crippen molar-refractivity contribution in [2.45, 2.75) is 6.92 Å². The molecule has 76 valence electrons. The van der Waals surface area contributed by atoms with Gasteiger partial charge in [0.2, 0.25) is 0 Å². The van der Waals surface area contributed by atoms with Gasteiger partial charge in [0.25, 0.3) is 0 Å². The van der Waals surface area contributed by atoms with Crippen molar-refractivity contribution in [1.82, 2.24) is 0 Å². The average molecular weight is 215 g/mol. The molecule has 0 aliphatic rings. The summed E-state index contributed by atoms with van der Waals surface area (Å²) < 4.78 is 8.04. The van der Waals surface area contributed by atoms with Crippen LogP contribution in [0.15, 0.2) is 60.7 Å². The Labute approximate surface area is 94.1 Å². The Morgan fingerprint density at radius 2 is 1.27 bits per heavy atom. The van der Waals surface area contributed by atoms with Crippen LogP contribution < -0.4 is 10.6 Å². The molecule has 0 heterocycles. The maximum atomic E-state index is 8.04. The fourth-order valence-electron chi connectivity index (χ4n) is 1.62. The van der Waals surface area contributed by atoms with E-state index in [2.05, 4.69) is 48.5 Å². The van der Waals surface area contributed by atoms with Crippen molar-refractivity contribution in [1.29, 1.82) is 0 Å². The van der Waals surface area contributed by atoms with E-state index < -0.39 is 7.92 Å². The van der Waals surface area contributed by atoms with Gasteiger partial charge in [-0.05, 0) is 24.7 Å². The fourth-order valence-corrected chi connectivity index (χ4v) is 3.51. The van der Waals surface area contributed by atoms with Crippen LogP contribution in [0, 0.1) is 0 Å². The number of hydrogen-bond donors (Lipinski definition) is 0. The minimum atomic E-state index is -0.543. The highest BCUT2D eigenvalue weighted by Crippen LogP contribution is 2.32. The van der Waals surface area contributed by atoms with Crippen LogP contribution in [0.4, 0.5) is 0 Å². The lowest BCUT2D eigenvalue weighted by molar-refractivity contribution is 1.51. The third-order valence-electron chi connectivity index (χ3n) is 2.33. The van der Waals surface area contributed by atoms with Gasteiger partial charge in [0.15, 0.2) is 0 Å². The van der Waals surface area contributed by atoms with Gasteiger partial charge in [-0.1, -0.05) is 67.6 Å². The maximum absolute atomic E-state index is 8.04. The molecule has 1 atom stereocenters. The number of hydrogen-bond acceptors (Lipinski definition) is 0. The molecular weight excluding hydrogens is 199 g/mol. The second kappa shape index (κ2) is 5.09. The Kier molecular flexibility index (Phi) is 3.10. The van der Waals surface area contributed by atoms with Crippen LogP contribution >= 0.6 is 7.92 Å². The first-order valence-corrected chi connectivity index (χ1v) is 6.51. The van der Waals surface area contributed by atoms with Crippen molar-refractivity contribution in [2.24, 2.45) is 0 Å². The Morgan fingerprint density at radius 3 is 1.60 bits per heavy atom. The normalized spacial score (nSPS) is 13.6. The summed E-state index contributed by atoms with van der Waals surface area (Å²) in [6.45, 7) is 1.98. The van der Waals surface area contributed by atoms with Gasteiger partial charge in [0.1, 0.15) is 0 Å². The van der Waals surface area contributed by atoms with E-state index in [1.165, 1.54) is 10.6 Å². The third kappa shape index (κ3) is 2.46. The molecule has 0 radical (unpaired) electrons. The van der Waals surface area contributed by atoms with E-state index >= 15 is 0 Å². The van der Waals surface area contributed by atoms with Gasteiger partial charge >= 0.3 is 0 Å². The van der Waals surface area contributed by atoms with Gasteiger partial charge in [-0.15, -0.1) is 0 Å². The van der Waals surface area contributed by atoms with Gasteiger partial charge in [-0.2, -0.15) is 0 Å². The van der Waals surface area contributed by atoms with E-state index in [1.807, 2.05) is 19.1 Å². The zero-order valence-corrected chi connectivity index (χ0v) is 9.69. The first kappa shape index (κ1) is 9.12. The monoisotopic (exact) mass is 215 g/mol. The summed E-state index contributed by atoms with van der Waals surface area (Å²) in [5.74, 6) is 0. The lowest BCUT2D eigenvalue weighted by Crippen LogP contribution is -2.12. The van der Waals surface area contributed by atoms with Gasteiger partial charge in [0, 0.05) is 1.37 Å². The highest BCUT2D eigenvalue weighted by Gasteiger charge is 2.09. The minimum Gasteiger partial charge on any atom is -0.0622 e. The van der Waals surface area contributed by atoms with E-state index in [0.29, 0.717) is 0 Å². The summed E-state index contributed by atoms with van der Waals surface area (Å²) in [6, 6.07) is 20.8. The van der Waals surface area contributed by atoms with Crippen molar-refractivity contribution in [3.63, 3.8) is 0 Å². The van der Waals surface area contributed by atoms with E-state index in [-0.39, 0.29) is 6.14 Å². The lowest BCUT2D eigenvalue weighted by Gasteiger charge is -2.16. The van der Waals surface area contributed by atoms with Gasteiger partial charge in [-0.3, -0.25) is 0 Å². The largest absolute Gasteiger partial charge is 0.0622 e. The highest BCUT2D eigenvalue weighted by molar-refractivity contribution is 7.72. The molecule has 0 aliphatic carbocycles. The summed E-state index contributed by atoms with van der Waals surface area (Å²) in [5, 5.41) is 2.57. The zero-order chi connectivity index (χ0) is 11.4. The molecule has 0 fully saturated rings. The van der Waals surface area contributed by atoms with Crippen LogP contribution in [-0.2, 0) is 0 Å². The molecule has 2 rings (SSSR count).